The second kappa shape index (κ2) is 10.3. The van der Waals surface area contributed by atoms with Crippen LogP contribution in [0.25, 0.3) is 6.08 Å². The minimum Gasteiger partial charge on any atom is -0.493 e. The number of carbonyl (C=O) groups excluding carboxylic acids is 1. The van der Waals surface area contributed by atoms with E-state index in [1.54, 1.807) is 30.2 Å². The van der Waals surface area contributed by atoms with E-state index >= 15 is 0 Å². The van der Waals surface area contributed by atoms with Crippen molar-refractivity contribution in [1.82, 2.24) is 9.21 Å². The van der Waals surface area contributed by atoms with Crippen molar-refractivity contribution < 1.29 is 27.1 Å². The summed E-state index contributed by atoms with van der Waals surface area (Å²) in [5, 5.41) is -0.254. The Morgan fingerprint density at radius 3 is 2.47 bits per heavy atom. The molecule has 1 saturated heterocycles. The normalized spacial score (nSPS) is 15.2. The quantitative estimate of drug-likeness (QED) is 0.565. The van der Waals surface area contributed by atoms with Crippen molar-refractivity contribution in [2.75, 3.05) is 39.9 Å². The van der Waals surface area contributed by atoms with E-state index in [1.165, 1.54) is 16.4 Å². The Balaban J connectivity index is 1.63. The highest BCUT2D eigenvalue weighted by Gasteiger charge is 2.30. The van der Waals surface area contributed by atoms with Gasteiger partial charge in [-0.3, -0.25) is 4.79 Å². The van der Waals surface area contributed by atoms with Gasteiger partial charge in [0.2, 0.25) is 15.9 Å². The molecule has 172 valence electrons. The fraction of sp³-hybridized carbons (Fsp3) is 0.318. The summed E-state index contributed by atoms with van der Waals surface area (Å²) in [4.78, 5) is 14.1. The predicted molar refractivity (Wildman–Crippen MR) is 120 cm³/mol. The zero-order valence-electron chi connectivity index (χ0n) is 17.8. The molecule has 1 heterocycles. The molecule has 2 aromatic carbocycles. The number of nitrogens with zero attached hydrogens (tertiary/aromatic N) is 2. The van der Waals surface area contributed by atoms with Crippen molar-refractivity contribution in [3.05, 3.63) is 58.9 Å². The Kier molecular flexibility index (Phi) is 7.76. The molecule has 7 nitrogen and oxygen atoms in total. The highest BCUT2D eigenvalue weighted by atomic mass is 35.5. The summed E-state index contributed by atoms with van der Waals surface area (Å²) in [5.74, 6) is 0.290. The first-order valence-electron chi connectivity index (χ1n) is 9.99. The fourth-order valence-electron chi connectivity index (χ4n) is 3.27. The van der Waals surface area contributed by atoms with Gasteiger partial charge in [0, 0.05) is 32.3 Å². The van der Waals surface area contributed by atoms with Crippen molar-refractivity contribution >= 4 is 33.6 Å². The first kappa shape index (κ1) is 24.0. The van der Waals surface area contributed by atoms with Crippen LogP contribution in [0.1, 0.15) is 12.5 Å². The lowest BCUT2D eigenvalue weighted by Gasteiger charge is -2.33. The Hall–Kier alpha value is -2.62. The Labute approximate surface area is 192 Å². The number of ether oxygens (including phenoxy) is 2. The number of sulfonamides is 1. The smallest absolute Gasteiger partial charge is 0.246 e. The Morgan fingerprint density at radius 2 is 1.84 bits per heavy atom. The molecule has 0 radical (unpaired) electrons. The summed E-state index contributed by atoms with van der Waals surface area (Å²) in [6.07, 6.45) is 3.12. The van der Waals surface area contributed by atoms with Crippen LogP contribution in [0.4, 0.5) is 4.39 Å². The van der Waals surface area contributed by atoms with Gasteiger partial charge < -0.3 is 14.4 Å². The monoisotopic (exact) mass is 482 g/mol. The number of rotatable bonds is 7. The van der Waals surface area contributed by atoms with Gasteiger partial charge >= 0.3 is 0 Å². The van der Waals surface area contributed by atoms with Crippen LogP contribution in [0.15, 0.2) is 47.4 Å². The molecule has 1 amide bonds. The number of methoxy groups -OCH3 is 1. The van der Waals surface area contributed by atoms with Gasteiger partial charge in [-0.1, -0.05) is 17.7 Å². The summed E-state index contributed by atoms with van der Waals surface area (Å²) >= 11 is 5.72. The third kappa shape index (κ3) is 5.40. The molecule has 0 bridgehead atoms. The van der Waals surface area contributed by atoms with Crippen molar-refractivity contribution in [3.63, 3.8) is 0 Å². The van der Waals surface area contributed by atoms with Gasteiger partial charge in [-0.15, -0.1) is 0 Å². The number of carbonyl (C=O) groups is 1. The molecule has 0 atom stereocenters. The lowest BCUT2D eigenvalue weighted by molar-refractivity contribution is -0.127. The van der Waals surface area contributed by atoms with E-state index in [1.807, 2.05) is 13.0 Å². The standard InChI is InChI=1S/C22H24ClFN2O5S/c1-3-31-21-14-16(4-8-20(21)30-2)5-9-22(27)25-10-12-26(13-11-25)32(28,29)17-6-7-19(24)18(23)15-17/h4-9,14-15H,3,10-13H2,1-2H3/b9-5+. The molecule has 1 fully saturated rings. The van der Waals surface area contributed by atoms with Gasteiger partial charge in [0.05, 0.1) is 23.6 Å². The second-order valence-electron chi connectivity index (χ2n) is 6.98. The largest absolute Gasteiger partial charge is 0.493 e. The summed E-state index contributed by atoms with van der Waals surface area (Å²) in [6, 6.07) is 8.66. The summed E-state index contributed by atoms with van der Waals surface area (Å²) < 4.78 is 51.0. The molecule has 3 rings (SSSR count). The van der Waals surface area contributed by atoms with Gasteiger partial charge in [-0.2, -0.15) is 4.31 Å². The maximum atomic E-state index is 13.4. The van der Waals surface area contributed by atoms with E-state index < -0.39 is 15.8 Å². The minimum atomic E-state index is -3.82. The molecule has 0 saturated carbocycles. The molecule has 1 aliphatic rings. The van der Waals surface area contributed by atoms with Crippen LogP contribution < -0.4 is 9.47 Å². The molecule has 32 heavy (non-hydrogen) atoms. The molecule has 0 N–H and O–H groups in total. The van der Waals surface area contributed by atoms with Crippen LogP contribution in [-0.2, 0) is 14.8 Å². The Bertz CT molecular complexity index is 1120. The van der Waals surface area contributed by atoms with E-state index in [0.717, 1.165) is 17.7 Å². The number of hydrogen-bond donors (Lipinski definition) is 0. The lowest BCUT2D eigenvalue weighted by Crippen LogP contribution is -2.50. The van der Waals surface area contributed by atoms with E-state index in [4.69, 9.17) is 21.1 Å². The SMILES string of the molecule is CCOc1cc(/C=C/C(=O)N2CCN(S(=O)(=O)c3ccc(F)c(Cl)c3)CC2)ccc1OC. The first-order valence-corrected chi connectivity index (χ1v) is 11.8. The number of halogens is 2. The molecular weight excluding hydrogens is 459 g/mol. The second-order valence-corrected chi connectivity index (χ2v) is 9.33. The third-order valence-corrected chi connectivity index (χ3v) is 7.17. The molecule has 1 aliphatic heterocycles. The molecule has 10 heteroatoms. The average Bonchev–Trinajstić information content (AvgIpc) is 2.79. The average molecular weight is 483 g/mol. The van der Waals surface area contributed by atoms with Gasteiger partial charge in [-0.05, 0) is 48.9 Å². The van der Waals surface area contributed by atoms with Crippen LogP contribution in [0.5, 0.6) is 11.5 Å². The van der Waals surface area contributed by atoms with E-state index in [9.17, 15) is 17.6 Å². The molecule has 0 unspecified atom stereocenters. The number of amides is 1. The topological polar surface area (TPSA) is 76.2 Å². The number of benzene rings is 2. The van der Waals surface area contributed by atoms with Crippen molar-refractivity contribution in [2.24, 2.45) is 0 Å². The van der Waals surface area contributed by atoms with Gasteiger partial charge in [0.25, 0.3) is 0 Å². The third-order valence-electron chi connectivity index (χ3n) is 4.99. The maximum absolute atomic E-state index is 13.4. The van der Waals surface area contributed by atoms with E-state index in [-0.39, 0.29) is 42.0 Å². The first-order chi connectivity index (χ1) is 15.3. The highest BCUT2D eigenvalue weighted by Crippen LogP contribution is 2.28. The molecule has 0 aliphatic carbocycles. The van der Waals surface area contributed by atoms with Crippen LogP contribution in [0, 0.1) is 5.82 Å². The molecule has 0 aromatic heterocycles. The zero-order valence-corrected chi connectivity index (χ0v) is 19.3. The van der Waals surface area contributed by atoms with Crippen LogP contribution in [0.2, 0.25) is 5.02 Å². The van der Waals surface area contributed by atoms with Gasteiger partial charge in [-0.25, -0.2) is 12.8 Å². The van der Waals surface area contributed by atoms with Crippen LogP contribution in [-0.4, -0.2) is 63.4 Å². The maximum Gasteiger partial charge on any atom is 0.246 e. The van der Waals surface area contributed by atoms with Crippen molar-refractivity contribution in [1.29, 1.82) is 0 Å². The highest BCUT2D eigenvalue weighted by molar-refractivity contribution is 7.89. The summed E-state index contributed by atoms with van der Waals surface area (Å²) in [5.41, 5.74) is 0.775. The molecule has 2 aromatic rings. The number of hydrogen-bond acceptors (Lipinski definition) is 5. The molecule has 0 spiro atoms. The Morgan fingerprint density at radius 1 is 1.12 bits per heavy atom. The lowest BCUT2D eigenvalue weighted by atomic mass is 10.2. The number of piperazine rings is 1. The predicted octanol–water partition coefficient (Wildman–Crippen LogP) is 3.43. The van der Waals surface area contributed by atoms with Gasteiger partial charge in [0.1, 0.15) is 5.82 Å². The van der Waals surface area contributed by atoms with Crippen LogP contribution in [0.3, 0.4) is 0 Å². The molecular formula is C22H24ClFN2O5S. The van der Waals surface area contributed by atoms with Gasteiger partial charge in [0.15, 0.2) is 11.5 Å². The van der Waals surface area contributed by atoms with Crippen LogP contribution >= 0.6 is 11.6 Å². The minimum absolute atomic E-state index is 0.0758. The van der Waals surface area contributed by atoms with Crippen molar-refractivity contribution in [3.8, 4) is 11.5 Å². The summed E-state index contributed by atoms with van der Waals surface area (Å²) in [6.45, 7) is 3.10. The fourth-order valence-corrected chi connectivity index (χ4v) is 4.97. The van der Waals surface area contributed by atoms with E-state index in [0.29, 0.717) is 18.1 Å². The zero-order chi connectivity index (χ0) is 23.3. The summed E-state index contributed by atoms with van der Waals surface area (Å²) in [7, 11) is -2.27. The van der Waals surface area contributed by atoms with Crippen molar-refractivity contribution in [2.45, 2.75) is 11.8 Å². The van der Waals surface area contributed by atoms with E-state index in [2.05, 4.69) is 0 Å².